The smallest absolute Gasteiger partial charge is 0.319 e. The maximum Gasteiger partial charge on any atom is 0.319 e. The van der Waals surface area contributed by atoms with Gasteiger partial charge in [-0.15, -0.1) is 0 Å². The number of hydrogen-bond acceptors (Lipinski definition) is 5. The lowest BCUT2D eigenvalue weighted by Gasteiger charge is -2.36. The number of amides is 2. The Balaban J connectivity index is 1.64. The SMILES string of the molecule is Cc1nc(N2CCCCC2CNC(=O)Nc2ccccc2)ccc1[N+](=O)[O-]. The van der Waals surface area contributed by atoms with Crippen molar-refractivity contribution in [2.75, 3.05) is 23.3 Å². The van der Waals surface area contributed by atoms with E-state index in [1.807, 2.05) is 30.3 Å². The molecule has 1 aromatic carbocycles. The van der Waals surface area contributed by atoms with Crippen LogP contribution in [0.2, 0.25) is 0 Å². The van der Waals surface area contributed by atoms with Gasteiger partial charge in [-0.25, -0.2) is 9.78 Å². The van der Waals surface area contributed by atoms with Crippen LogP contribution in [0, 0.1) is 17.0 Å². The number of carbonyl (C=O) groups is 1. The summed E-state index contributed by atoms with van der Waals surface area (Å²) in [4.78, 5) is 29.3. The average molecular weight is 369 g/mol. The molecule has 142 valence electrons. The van der Waals surface area contributed by atoms with Crippen LogP contribution in [0.15, 0.2) is 42.5 Å². The summed E-state index contributed by atoms with van der Waals surface area (Å²) in [6.07, 6.45) is 3.04. The highest BCUT2D eigenvalue weighted by Crippen LogP contribution is 2.26. The van der Waals surface area contributed by atoms with E-state index in [9.17, 15) is 14.9 Å². The summed E-state index contributed by atoms with van der Waals surface area (Å²) in [6, 6.07) is 12.3. The Morgan fingerprint density at radius 3 is 2.74 bits per heavy atom. The molecule has 1 aliphatic heterocycles. The van der Waals surface area contributed by atoms with Crippen LogP contribution < -0.4 is 15.5 Å². The van der Waals surface area contributed by atoms with E-state index in [1.165, 1.54) is 6.07 Å². The largest absolute Gasteiger partial charge is 0.352 e. The van der Waals surface area contributed by atoms with Crippen LogP contribution in [-0.4, -0.2) is 35.1 Å². The zero-order chi connectivity index (χ0) is 19.2. The molecule has 2 heterocycles. The van der Waals surface area contributed by atoms with Crippen molar-refractivity contribution >= 4 is 23.2 Å². The fourth-order valence-electron chi connectivity index (χ4n) is 3.32. The van der Waals surface area contributed by atoms with E-state index in [4.69, 9.17) is 0 Å². The van der Waals surface area contributed by atoms with Crippen LogP contribution in [0.1, 0.15) is 25.0 Å². The number of nitrogens with one attached hydrogen (secondary N) is 2. The molecule has 0 saturated carbocycles. The third kappa shape index (κ3) is 4.72. The average Bonchev–Trinajstić information content (AvgIpc) is 2.67. The third-order valence-corrected chi connectivity index (χ3v) is 4.69. The molecule has 1 atom stereocenters. The van der Waals surface area contributed by atoms with Gasteiger partial charge in [-0.2, -0.15) is 0 Å². The van der Waals surface area contributed by atoms with E-state index < -0.39 is 4.92 Å². The van der Waals surface area contributed by atoms with Crippen LogP contribution in [0.3, 0.4) is 0 Å². The molecule has 8 nitrogen and oxygen atoms in total. The number of hydrogen-bond donors (Lipinski definition) is 2. The van der Waals surface area contributed by atoms with Crippen molar-refractivity contribution in [3.63, 3.8) is 0 Å². The Hall–Kier alpha value is -3.16. The molecule has 1 aliphatic rings. The number of para-hydroxylation sites is 1. The monoisotopic (exact) mass is 369 g/mol. The Kier molecular flexibility index (Phi) is 5.85. The van der Waals surface area contributed by atoms with Gasteiger partial charge in [-0.3, -0.25) is 10.1 Å². The summed E-state index contributed by atoms with van der Waals surface area (Å²) < 4.78 is 0. The van der Waals surface area contributed by atoms with Gasteiger partial charge in [0.25, 0.3) is 5.69 Å². The molecule has 3 rings (SSSR count). The van der Waals surface area contributed by atoms with Gasteiger partial charge in [-0.1, -0.05) is 18.2 Å². The lowest BCUT2D eigenvalue weighted by atomic mass is 10.0. The van der Waals surface area contributed by atoms with E-state index in [2.05, 4.69) is 20.5 Å². The third-order valence-electron chi connectivity index (χ3n) is 4.69. The van der Waals surface area contributed by atoms with Crippen LogP contribution >= 0.6 is 0 Å². The summed E-state index contributed by atoms with van der Waals surface area (Å²) in [5.74, 6) is 0.716. The molecule has 1 fully saturated rings. The molecule has 1 aromatic heterocycles. The molecule has 8 heteroatoms. The molecule has 0 spiro atoms. The zero-order valence-electron chi connectivity index (χ0n) is 15.2. The molecule has 2 aromatic rings. The highest BCUT2D eigenvalue weighted by atomic mass is 16.6. The van der Waals surface area contributed by atoms with Gasteiger partial charge in [0.05, 0.1) is 4.92 Å². The van der Waals surface area contributed by atoms with Crippen LogP contribution in [0.25, 0.3) is 0 Å². The topological polar surface area (TPSA) is 100 Å². The van der Waals surface area contributed by atoms with Crippen molar-refractivity contribution in [2.45, 2.75) is 32.2 Å². The highest BCUT2D eigenvalue weighted by Gasteiger charge is 2.25. The lowest BCUT2D eigenvalue weighted by Crippen LogP contribution is -2.48. The minimum atomic E-state index is -0.421. The molecule has 0 aliphatic carbocycles. The van der Waals surface area contributed by atoms with E-state index in [0.29, 0.717) is 18.1 Å². The van der Waals surface area contributed by atoms with Crippen LogP contribution in [-0.2, 0) is 0 Å². The number of nitro groups is 1. The fraction of sp³-hybridized carbons (Fsp3) is 0.368. The fourth-order valence-corrected chi connectivity index (χ4v) is 3.32. The second kappa shape index (κ2) is 8.48. The summed E-state index contributed by atoms with van der Waals surface area (Å²) in [5.41, 5.74) is 1.16. The normalized spacial score (nSPS) is 16.6. The number of piperidine rings is 1. The molecule has 2 N–H and O–H groups in total. The Morgan fingerprint density at radius 1 is 1.26 bits per heavy atom. The number of anilines is 2. The first-order valence-corrected chi connectivity index (χ1v) is 9.03. The number of rotatable bonds is 5. The molecule has 27 heavy (non-hydrogen) atoms. The van der Waals surface area contributed by atoms with Gasteiger partial charge >= 0.3 is 6.03 Å². The van der Waals surface area contributed by atoms with Crippen molar-refractivity contribution < 1.29 is 9.72 Å². The van der Waals surface area contributed by atoms with Gasteiger partial charge in [0.2, 0.25) is 0 Å². The Morgan fingerprint density at radius 2 is 2.04 bits per heavy atom. The molecule has 0 radical (unpaired) electrons. The standard InChI is InChI=1S/C19H23N5O3/c1-14-17(24(26)27)10-11-18(21-14)23-12-6-5-9-16(23)13-20-19(25)22-15-7-3-2-4-8-15/h2-4,7-8,10-11,16H,5-6,9,12-13H2,1H3,(H2,20,22,25). The van der Waals surface area contributed by atoms with Gasteiger partial charge in [-0.05, 0) is 44.4 Å². The second-order valence-electron chi connectivity index (χ2n) is 6.58. The van der Waals surface area contributed by atoms with E-state index in [0.717, 1.165) is 31.5 Å². The van der Waals surface area contributed by atoms with Crippen molar-refractivity contribution in [3.8, 4) is 0 Å². The van der Waals surface area contributed by atoms with Gasteiger partial charge in [0.15, 0.2) is 0 Å². The predicted octanol–water partition coefficient (Wildman–Crippen LogP) is 3.48. The minimum absolute atomic E-state index is 0.0210. The summed E-state index contributed by atoms with van der Waals surface area (Å²) in [6.45, 7) is 2.94. The molecular weight excluding hydrogens is 346 g/mol. The number of aromatic nitrogens is 1. The van der Waals surface area contributed by atoms with Gasteiger partial charge < -0.3 is 15.5 Å². The molecular formula is C19H23N5O3. The zero-order valence-corrected chi connectivity index (χ0v) is 15.2. The van der Waals surface area contributed by atoms with E-state index in [-0.39, 0.29) is 17.8 Å². The van der Waals surface area contributed by atoms with Gasteiger partial charge in [0, 0.05) is 30.9 Å². The van der Waals surface area contributed by atoms with Crippen LogP contribution in [0.4, 0.5) is 22.0 Å². The van der Waals surface area contributed by atoms with Gasteiger partial charge in [0.1, 0.15) is 11.5 Å². The minimum Gasteiger partial charge on any atom is -0.352 e. The van der Waals surface area contributed by atoms with E-state index >= 15 is 0 Å². The van der Waals surface area contributed by atoms with Crippen molar-refractivity contribution in [1.29, 1.82) is 0 Å². The number of pyridine rings is 1. The quantitative estimate of drug-likeness (QED) is 0.621. The second-order valence-corrected chi connectivity index (χ2v) is 6.58. The maximum absolute atomic E-state index is 12.1. The molecule has 1 saturated heterocycles. The maximum atomic E-state index is 12.1. The number of benzene rings is 1. The molecule has 1 unspecified atom stereocenters. The summed E-state index contributed by atoms with van der Waals surface area (Å²) >= 11 is 0. The summed E-state index contributed by atoms with van der Waals surface area (Å²) in [5, 5.41) is 16.7. The first-order chi connectivity index (χ1) is 13.0. The Bertz CT molecular complexity index is 812. The summed E-state index contributed by atoms with van der Waals surface area (Å²) in [7, 11) is 0. The first-order valence-electron chi connectivity index (χ1n) is 9.03. The molecule has 2 amide bonds. The van der Waals surface area contributed by atoms with Crippen molar-refractivity contribution in [2.24, 2.45) is 0 Å². The highest BCUT2D eigenvalue weighted by molar-refractivity contribution is 5.89. The lowest BCUT2D eigenvalue weighted by molar-refractivity contribution is -0.385. The number of urea groups is 1. The van der Waals surface area contributed by atoms with Crippen molar-refractivity contribution in [1.82, 2.24) is 10.3 Å². The number of carbonyl (C=O) groups excluding carboxylic acids is 1. The first kappa shape index (κ1) is 18.6. The predicted molar refractivity (Wildman–Crippen MR) is 104 cm³/mol. The molecule has 0 bridgehead atoms. The number of aryl methyl sites for hydroxylation is 1. The number of nitrogens with zero attached hydrogens (tertiary/aromatic N) is 3. The van der Waals surface area contributed by atoms with Crippen LogP contribution in [0.5, 0.6) is 0 Å². The van der Waals surface area contributed by atoms with Crippen molar-refractivity contribution in [3.05, 3.63) is 58.3 Å². The Labute approximate surface area is 157 Å². The van der Waals surface area contributed by atoms with E-state index in [1.54, 1.807) is 13.0 Å².